The second kappa shape index (κ2) is 29.3. The number of allylic oxidation sites excluding steroid dienone is 12. The molecule has 0 aromatic rings. The molecule has 0 unspecified atom stereocenters. The topological polar surface area (TPSA) is 311 Å². The van der Waals surface area contributed by atoms with E-state index < -0.39 is 147 Å². The Morgan fingerprint density at radius 1 is 0.735 bits per heavy atom. The Balaban J connectivity index is 1.91. The van der Waals surface area contributed by atoms with Crippen LogP contribution in [0.15, 0.2) is 85.1 Å². The average molecular weight is 961 g/mol. The molecule has 0 aromatic heterocycles. The van der Waals surface area contributed by atoms with E-state index in [1.54, 1.807) is 75.5 Å². The lowest BCUT2D eigenvalue weighted by atomic mass is 9.82. The monoisotopic (exact) mass is 961 g/mol. The maximum atomic E-state index is 13.5. The quantitative estimate of drug-likeness (QED) is 0.134. The summed E-state index contributed by atoms with van der Waals surface area (Å²) >= 11 is 0. The van der Waals surface area contributed by atoms with Crippen LogP contribution in [0.25, 0.3) is 0 Å². The molecule has 3 rings (SSSR count). The standard InChI is InChI=1S/C50H76N2O16/c1-6-23-52-48(63)43-40(58)29-50(64)28-36(55)25-39(57)38(56)22-21-34(53)24-35(54)26-42(59)65-32(4)31(3)45(60)30(2)19-17-15-13-11-9-7-8-10-12-14-16-18-20-37(27-41(43)68-50)67-49-47(62)44(51)46(61)33(5)66-49/h1,7-20,30-41,43-47,49,53-58,60-62,64H,21-29,51H2,2-5H3,(H,52,63)/b8-7+,11-9+,12-10+,15-13+,16-14+,19-17+,20-18+/t30-,31-,32-,33+,34+,35+,36-,37-,38+,39+,40-,41-,43+,44-,45+,46+,47-,49-,50+/m0/s1. The number of fused-ring (bicyclic) bond motifs is 2. The number of ether oxygens (including phenoxy) is 4. The highest BCUT2D eigenvalue weighted by molar-refractivity contribution is 5.80. The number of terminal acetylenes is 1. The SMILES string of the molecule is C#CCNC(=O)[C@H]1[C@@H]2C[C@@H](O[C@@H]3O[C@H](C)[C@@H](O)[C@H](N)[C@@H]3O)/C=C/C=C/C=C/C=C/C=C/C=C/C=C/[C@H](C)[C@@H](O)[C@@H](C)[C@H](C)OC(=O)C[C@H](O)C[C@H](O)CC[C@@H](O)[C@H](O)C[C@H](O)C[C@](O)(C[C@@H]1O)O2. The molecule has 18 heteroatoms. The van der Waals surface area contributed by atoms with Crippen LogP contribution in [-0.4, -0.2) is 167 Å². The number of nitrogens with one attached hydrogen (secondary N) is 1. The van der Waals surface area contributed by atoms with Crippen LogP contribution < -0.4 is 11.1 Å². The van der Waals surface area contributed by atoms with Crippen LogP contribution in [0.5, 0.6) is 0 Å². The maximum Gasteiger partial charge on any atom is 0.308 e. The molecular weight excluding hydrogens is 885 g/mol. The second-order valence-electron chi connectivity index (χ2n) is 18.2. The first-order valence-electron chi connectivity index (χ1n) is 23.3. The zero-order valence-corrected chi connectivity index (χ0v) is 39.4. The molecule has 3 aliphatic rings. The number of aliphatic hydroxyl groups excluding tert-OH is 9. The molecule has 1 amide bonds. The van der Waals surface area contributed by atoms with Crippen molar-refractivity contribution in [1.82, 2.24) is 5.32 Å². The lowest BCUT2D eigenvalue weighted by molar-refractivity contribution is -0.307. The number of carbonyl (C=O) groups is 2. The summed E-state index contributed by atoms with van der Waals surface area (Å²) in [6.07, 6.45) is 9.70. The molecule has 0 aromatic carbocycles. The summed E-state index contributed by atoms with van der Waals surface area (Å²) in [6.45, 7) is 6.59. The molecule has 0 aliphatic carbocycles. The Labute approximate surface area is 399 Å². The predicted molar refractivity (Wildman–Crippen MR) is 251 cm³/mol. The highest BCUT2D eigenvalue weighted by Crippen LogP contribution is 2.38. The van der Waals surface area contributed by atoms with Crippen molar-refractivity contribution < 1.29 is 79.6 Å². The number of carbonyl (C=O) groups excluding carboxylic acids is 2. The summed E-state index contributed by atoms with van der Waals surface area (Å²) in [6, 6.07) is -1.14. The van der Waals surface area contributed by atoms with Crippen LogP contribution in [0.1, 0.15) is 79.1 Å². The van der Waals surface area contributed by atoms with E-state index in [2.05, 4.69) is 11.2 Å². The summed E-state index contributed by atoms with van der Waals surface area (Å²) in [5, 5.41) is 112. The van der Waals surface area contributed by atoms with Gasteiger partial charge in [-0.25, -0.2) is 0 Å². The molecule has 2 fully saturated rings. The minimum atomic E-state index is -2.29. The van der Waals surface area contributed by atoms with Crippen LogP contribution in [0.2, 0.25) is 0 Å². The van der Waals surface area contributed by atoms with E-state index in [-0.39, 0.29) is 38.1 Å². The zero-order valence-electron chi connectivity index (χ0n) is 39.4. The Hall–Kier alpha value is -3.88. The molecule has 0 spiro atoms. The van der Waals surface area contributed by atoms with E-state index in [0.717, 1.165) is 0 Å². The number of rotatable bonds is 4. The molecule has 0 saturated carbocycles. The van der Waals surface area contributed by atoms with Crippen molar-refractivity contribution in [1.29, 1.82) is 0 Å². The van der Waals surface area contributed by atoms with Gasteiger partial charge in [-0.2, -0.15) is 0 Å². The summed E-state index contributed by atoms with van der Waals surface area (Å²) in [5.41, 5.74) is 6.07. The molecule has 382 valence electrons. The van der Waals surface area contributed by atoms with Gasteiger partial charge in [-0.15, -0.1) is 6.42 Å². The van der Waals surface area contributed by atoms with E-state index in [0.29, 0.717) is 0 Å². The lowest BCUT2D eigenvalue weighted by Crippen LogP contribution is -2.62. The first-order valence-corrected chi connectivity index (χ1v) is 23.3. The minimum Gasteiger partial charge on any atom is -0.462 e. The van der Waals surface area contributed by atoms with E-state index in [1.807, 2.05) is 37.3 Å². The van der Waals surface area contributed by atoms with Gasteiger partial charge in [0.05, 0.1) is 92.1 Å². The summed E-state index contributed by atoms with van der Waals surface area (Å²) in [7, 11) is 0. The van der Waals surface area contributed by atoms with Crippen molar-refractivity contribution >= 4 is 11.9 Å². The molecular formula is C50H76N2O16. The van der Waals surface area contributed by atoms with Gasteiger partial charge in [-0.3, -0.25) is 9.59 Å². The molecule has 13 N–H and O–H groups in total. The Bertz CT molecular complexity index is 1800. The number of hydrogen-bond acceptors (Lipinski definition) is 17. The Kier molecular flexibility index (Phi) is 25.2. The molecule has 0 radical (unpaired) electrons. The number of amides is 1. The highest BCUT2D eigenvalue weighted by atomic mass is 16.7. The molecule has 18 nitrogen and oxygen atoms in total. The van der Waals surface area contributed by atoms with Crippen molar-refractivity contribution in [3.8, 4) is 12.3 Å². The maximum absolute atomic E-state index is 13.5. The van der Waals surface area contributed by atoms with Gasteiger partial charge in [0.1, 0.15) is 12.2 Å². The summed E-state index contributed by atoms with van der Waals surface area (Å²) in [5.74, 6) is -3.49. The third-order valence-corrected chi connectivity index (χ3v) is 12.4. The highest BCUT2D eigenvalue weighted by Gasteiger charge is 2.51. The molecule has 3 heterocycles. The number of esters is 1. The van der Waals surface area contributed by atoms with Crippen molar-refractivity contribution in [2.45, 2.75) is 177 Å². The van der Waals surface area contributed by atoms with Gasteiger partial charge in [0.25, 0.3) is 0 Å². The average Bonchev–Trinajstić information content (AvgIpc) is 3.26. The smallest absolute Gasteiger partial charge is 0.308 e. The van der Waals surface area contributed by atoms with E-state index in [9.17, 15) is 60.7 Å². The fraction of sp³-hybridized carbons (Fsp3) is 0.640. The predicted octanol–water partition coefficient (Wildman–Crippen LogP) is 0.377. The fourth-order valence-corrected chi connectivity index (χ4v) is 8.25. The van der Waals surface area contributed by atoms with Gasteiger partial charge in [0.2, 0.25) is 5.91 Å². The molecule has 3 aliphatic heterocycles. The van der Waals surface area contributed by atoms with E-state index >= 15 is 0 Å². The van der Waals surface area contributed by atoms with Crippen LogP contribution >= 0.6 is 0 Å². The zero-order chi connectivity index (χ0) is 50.6. The number of hydrogen-bond donors (Lipinski definition) is 12. The minimum absolute atomic E-state index is 0.101. The van der Waals surface area contributed by atoms with Crippen LogP contribution in [-0.2, 0) is 28.5 Å². The normalized spacial score (nSPS) is 43.8. The first-order chi connectivity index (χ1) is 32.2. The van der Waals surface area contributed by atoms with Gasteiger partial charge in [-0.1, -0.05) is 105 Å². The van der Waals surface area contributed by atoms with E-state index in [1.165, 1.54) is 0 Å². The molecule has 2 saturated heterocycles. The third-order valence-electron chi connectivity index (χ3n) is 12.4. The molecule has 68 heavy (non-hydrogen) atoms. The summed E-state index contributed by atoms with van der Waals surface area (Å²) in [4.78, 5) is 26.1. The van der Waals surface area contributed by atoms with Crippen LogP contribution in [0.4, 0.5) is 0 Å². The second-order valence-corrected chi connectivity index (χ2v) is 18.2. The third kappa shape index (κ3) is 19.5. The Morgan fingerprint density at radius 3 is 1.93 bits per heavy atom. The van der Waals surface area contributed by atoms with Crippen molar-refractivity contribution in [3.05, 3.63) is 85.1 Å². The number of cyclic esters (lactones) is 1. The van der Waals surface area contributed by atoms with Crippen molar-refractivity contribution in [2.75, 3.05) is 6.54 Å². The van der Waals surface area contributed by atoms with Gasteiger partial charge in [0, 0.05) is 37.5 Å². The largest absolute Gasteiger partial charge is 0.462 e. The molecule has 2 bridgehead atoms. The fourth-order valence-electron chi connectivity index (χ4n) is 8.25. The van der Waals surface area contributed by atoms with Gasteiger partial charge >= 0.3 is 5.97 Å². The lowest BCUT2D eigenvalue weighted by Gasteiger charge is -2.46. The van der Waals surface area contributed by atoms with E-state index in [4.69, 9.17) is 31.1 Å². The van der Waals surface area contributed by atoms with Crippen LogP contribution in [0, 0.1) is 30.1 Å². The number of nitrogens with two attached hydrogens (primary N) is 1. The van der Waals surface area contributed by atoms with Gasteiger partial charge in [-0.05, 0) is 33.1 Å². The van der Waals surface area contributed by atoms with Gasteiger partial charge < -0.3 is 81.1 Å². The Morgan fingerprint density at radius 2 is 1.32 bits per heavy atom. The first kappa shape index (κ1) is 58.4. The van der Waals surface area contributed by atoms with Crippen molar-refractivity contribution in [2.24, 2.45) is 23.5 Å². The van der Waals surface area contributed by atoms with Crippen LogP contribution in [0.3, 0.4) is 0 Å². The number of aliphatic hydroxyl groups is 10. The summed E-state index contributed by atoms with van der Waals surface area (Å²) < 4.78 is 23.5. The van der Waals surface area contributed by atoms with Crippen molar-refractivity contribution in [3.63, 3.8) is 0 Å². The van der Waals surface area contributed by atoms with Gasteiger partial charge in [0.15, 0.2) is 12.1 Å². The molecule has 19 atom stereocenters.